The fraction of sp³-hybridized carbons (Fsp3) is 0.905. The molecule has 0 aromatic heterocycles. The van der Waals surface area contributed by atoms with Gasteiger partial charge in [0.1, 0.15) is 0 Å². The van der Waals surface area contributed by atoms with Crippen LogP contribution in [-0.4, -0.2) is 73.5 Å². The van der Waals surface area contributed by atoms with Crippen LogP contribution in [0.4, 0.5) is 0 Å². The molecule has 0 aliphatic heterocycles. The molecule has 0 aromatic rings. The van der Waals surface area contributed by atoms with Gasteiger partial charge in [0.25, 0.3) is 0 Å². The molecule has 27 heavy (non-hydrogen) atoms. The van der Waals surface area contributed by atoms with E-state index in [1.807, 2.05) is 32.7 Å². The van der Waals surface area contributed by atoms with E-state index in [-0.39, 0.29) is 17.4 Å². The molecule has 0 aliphatic rings. The number of carbonyl (C=O) groups excluding carboxylic acids is 2. The van der Waals surface area contributed by atoms with Crippen molar-refractivity contribution in [3.05, 3.63) is 0 Å². The lowest BCUT2D eigenvalue weighted by atomic mass is 10.1. The Kier molecular flexibility index (Phi) is 12.6. The molecule has 0 radical (unpaired) electrons. The van der Waals surface area contributed by atoms with Gasteiger partial charge in [-0.05, 0) is 58.5 Å². The molecule has 0 aliphatic carbocycles. The lowest BCUT2D eigenvalue weighted by molar-refractivity contribution is -0.131. The molecule has 0 aromatic carbocycles. The van der Waals surface area contributed by atoms with Gasteiger partial charge in [0.05, 0.1) is 13.1 Å². The Morgan fingerprint density at radius 2 is 1.74 bits per heavy atom. The van der Waals surface area contributed by atoms with Crippen molar-refractivity contribution in [2.75, 3.05) is 46.3 Å². The smallest absolute Gasteiger partial charge is 0.236 e. The third-order valence-corrected chi connectivity index (χ3v) is 4.47. The summed E-state index contributed by atoms with van der Waals surface area (Å²) in [6, 6.07) is 0. The van der Waals surface area contributed by atoms with Gasteiger partial charge in [0.2, 0.25) is 11.8 Å². The van der Waals surface area contributed by atoms with Crippen LogP contribution >= 0.6 is 0 Å². The zero-order chi connectivity index (χ0) is 21.0. The Hall–Kier alpha value is -1.14. The highest BCUT2D eigenvalue weighted by atomic mass is 16.2. The van der Waals surface area contributed by atoms with E-state index in [2.05, 4.69) is 43.2 Å². The van der Waals surface area contributed by atoms with Gasteiger partial charge >= 0.3 is 0 Å². The van der Waals surface area contributed by atoms with Crippen molar-refractivity contribution in [1.82, 2.24) is 20.4 Å². The van der Waals surface area contributed by atoms with E-state index >= 15 is 0 Å². The lowest BCUT2D eigenvalue weighted by Crippen LogP contribution is -2.44. The second-order valence-corrected chi connectivity index (χ2v) is 9.19. The Morgan fingerprint density at radius 1 is 1.11 bits per heavy atom. The maximum absolute atomic E-state index is 12.3. The molecule has 0 saturated carbocycles. The number of nitrogens with zero attached hydrogens (tertiary/aromatic N) is 2. The third-order valence-electron chi connectivity index (χ3n) is 4.47. The fourth-order valence-corrected chi connectivity index (χ4v) is 2.77. The van der Waals surface area contributed by atoms with E-state index in [1.165, 1.54) is 0 Å². The second kappa shape index (κ2) is 13.1. The summed E-state index contributed by atoms with van der Waals surface area (Å²) in [4.78, 5) is 28.2. The van der Waals surface area contributed by atoms with Gasteiger partial charge in [-0.2, -0.15) is 0 Å². The molecule has 160 valence electrons. The maximum Gasteiger partial charge on any atom is 0.236 e. The SMILES string of the molecule is CCN(CCCC(C)CNC(=O)CNC(C)(C)C)CC(=O)N(C)CC(C)C. The molecule has 0 fully saturated rings. The zero-order valence-electron chi connectivity index (χ0n) is 19.0. The molecule has 6 nitrogen and oxygen atoms in total. The van der Waals surface area contributed by atoms with Crippen LogP contribution in [0.1, 0.15) is 61.3 Å². The molecule has 1 atom stereocenters. The van der Waals surface area contributed by atoms with Crippen molar-refractivity contribution in [1.29, 1.82) is 0 Å². The van der Waals surface area contributed by atoms with E-state index < -0.39 is 0 Å². The van der Waals surface area contributed by atoms with Crippen molar-refractivity contribution in [2.24, 2.45) is 11.8 Å². The Morgan fingerprint density at radius 3 is 2.26 bits per heavy atom. The van der Waals surface area contributed by atoms with Gasteiger partial charge in [-0.15, -0.1) is 0 Å². The predicted octanol–water partition coefficient (Wildman–Crippen LogP) is 2.34. The monoisotopic (exact) mass is 384 g/mol. The van der Waals surface area contributed by atoms with Crippen LogP contribution in [0.25, 0.3) is 0 Å². The molecule has 0 bridgehead atoms. The summed E-state index contributed by atoms with van der Waals surface area (Å²) >= 11 is 0. The normalized spacial score (nSPS) is 13.1. The van der Waals surface area contributed by atoms with E-state index in [9.17, 15) is 9.59 Å². The van der Waals surface area contributed by atoms with Crippen molar-refractivity contribution < 1.29 is 9.59 Å². The largest absolute Gasteiger partial charge is 0.355 e. The van der Waals surface area contributed by atoms with Crippen molar-refractivity contribution in [2.45, 2.75) is 66.8 Å². The molecular formula is C21H44N4O2. The van der Waals surface area contributed by atoms with Crippen LogP contribution in [0, 0.1) is 11.8 Å². The summed E-state index contributed by atoms with van der Waals surface area (Å²) in [5.74, 6) is 1.16. The van der Waals surface area contributed by atoms with Gasteiger partial charge < -0.3 is 15.5 Å². The Labute approximate surface area is 167 Å². The molecule has 0 saturated heterocycles. The highest BCUT2D eigenvalue weighted by molar-refractivity contribution is 5.78. The summed E-state index contributed by atoms with van der Waals surface area (Å²) in [6.45, 7) is 18.8. The van der Waals surface area contributed by atoms with Crippen LogP contribution in [0.5, 0.6) is 0 Å². The standard InChI is InChI=1S/C21H44N4O2/c1-9-25(16-20(27)24(8)15-17(2)3)12-10-11-18(4)13-22-19(26)14-23-21(5,6)7/h17-18,23H,9-16H2,1-8H3,(H,22,26). The van der Waals surface area contributed by atoms with Crippen molar-refractivity contribution in [3.63, 3.8) is 0 Å². The molecular weight excluding hydrogens is 340 g/mol. The van der Waals surface area contributed by atoms with Gasteiger partial charge in [0, 0.05) is 25.7 Å². The lowest BCUT2D eigenvalue weighted by Gasteiger charge is -2.25. The van der Waals surface area contributed by atoms with Crippen LogP contribution in [0.3, 0.4) is 0 Å². The molecule has 1 unspecified atom stereocenters. The van der Waals surface area contributed by atoms with Crippen LogP contribution < -0.4 is 10.6 Å². The number of carbonyl (C=O) groups is 2. The summed E-state index contributed by atoms with van der Waals surface area (Å²) in [5, 5.41) is 6.19. The van der Waals surface area contributed by atoms with Gasteiger partial charge in [-0.1, -0.05) is 27.7 Å². The molecule has 6 heteroatoms. The van der Waals surface area contributed by atoms with E-state index in [4.69, 9.17) is 0 Å². The van der Waals surface area contributed by atoms with Gasteiger partial charge in [0.15, 0.2) is 0 Å². The van der Waals surface area contributed by atoms with Gasteiger partial charge in [-0.3, -0.25) is 14.5 Å². The first kappa shape index (κ1) is 25.9. The maximum atomic E-state index is 12.3. The topological polar surface area (TPSA) is 64.7 Å². The highest BCUT2D eigenvalue weighted by Crippen LogP contribution is 2.06. The number of hydrogen-bond donors (Lipinski definition) is 2. The Balaban J connectivity index is 4.03. The number of rotatable bonds is 13. The number of likely N-dealkylation sites (N-methyl/N-ethyl adjacent to an activating group) is 2. The van der Waals surface area contributed by atoms with E-state index in [0.717, 1.165) is 32.5 Å². The number of nitrogens with one attached hydrogen (secondary N) is 2. The minimum atomic E-state index is -0.0484. The van der Waals surface area contributed by atoms with E-state index in [0.29, 0.717) is 31.5 Å². The Bertz CT molecular complexity index is 432. The predicted molar refractivity (Wildman–Crippen MR) is 114 cm³/mol. The van der Waals surface area contributed by atoms with Crippen LogP contribution in [-0.2, 0) is 9.59 Å². The average molecular weight is 385 g/mol. The molecule has 2 amide bonds. The van der Waals surface area contributed by atoms with Crippen molar-refractivity contribution in [3.8, 4) is 0 Å². The molecule has 0 spiro atoms. The summed E-state index contributed by atoms with van der Waals surface area (Å²) in [5.41, 5.74) is -0.0484. The summed E-state index contributed by atoms with van der Waals surface area (Å²) in [7, 11) is 1.88. The summed E-state index contributed by atoms with van der Waals surface area (Å²) < 4.78 is 0. The second-order valence-electron chi connectivity index (χ2n) is 9.19. The molecule has 0 heterocycles. The highest BCUT2D eigenvalue weighted by Gasteiger charge is 2.15. The summed E-state index contributed by atoms with van der Waals surface area (Å²) in [6.07, 6.45) is 2.08. The average Bonchev–Trinajstić information content (AvgIpc) is 2.55. The third kappa shape index (κ3) is 14.6. The quantitative estimate of drug-likeness (QED) is 0.512. The zero-order valence-corrected chi connectivity index (χ0v) is 19.0. The van der Waals surface area contributed by atoms with Crippen LogP contribution in [0.15, 0.2) is 0 Å². The molecule has 2 N–H and O–H groups in total. The van der Waals surface area contributed by atoms with Crippen LogP contribution in [0.2, 0.25) is 0 Å². The minimum absolute atomic E-state index is 0.0470. The fourth-order valence-electron chi connectivity index (χ4n) is 2.77. The van der Waals surface area contributed by atoms with Gasteiger partial charge in [-0.25, -0.2) is 0 Å². The first-order valence-electron chi connectivity index (χ1n) is 10.4. The first-order chi connectivity index (χ1) is 12.4. The first-order valence-corrected chi connectivity index (χ1v) is 10.4. The number of hydrogen-bond acceptors (Lipinski definition) is 4. The minimum Gasteiger partial charge on any atom is -0.355 e. The van der Waals surface area contributed by atoms with Crippen molar-refractivity contribution >= 4 is 11.8 Å². The van der Waals surface area contributed by atoms with E-state index in [1.54, 1.807) is 0 Å². The number of amides is 2. The molecule has 0 rings (SSSR count).